The van der Waals surface area contributed by atoms with Crippen molar-refractivity contribution in [2.24, 2.45) is 0 Å². The topological polar surface area (TPSA) is 9.23 Å². The standard InChI is InChI=1S/C21H23F4OSi/c1-2-11-27-12-9-15(10-13-27)17-5-8-19(20(22)14-17)16-3-6-18(7-4-16)26-21(23,24)25/h3-8,14-15H,2,9-13H2,1H3. The van der Waals surface area contributed by atoms with E-state index in [1.54, 1.807) is 12.1 Å². The summed E-state index contributed by atoms with van der Waals surface area (Å²) in [6.45, 7) is 2.24. The minimum atomic E-state index is -4.73. The maximum atomic E-state index is 14.7. The molecule has 0 spiro atoms. The number of halogens is 4. The first-order valence-corrected chi connectivity index (χ1v) is 11.5. The Kier molecular flexibility index (Phi) is 6.24. The van der Waals surface area contributed by atoms with Crippen molar-refractivity contribution in [3.63, 3.8) is 0 Å². The van der Waals surface area contributed by atoms with Crippen molar-refractivity contribution in [2.75, 3.05) is 0 Å². The van der Waals surface area contributed by atoms with Crippen LogP contribution in [0.2, 0.25) is 18.1 Å². The second kappa shape index (κ2) is 8.46. The first kappa shape index (κ1) is 19.9. The van der Waals surface area contributed by atoms with E-state index in [1.807, 2.05) is 6.07 Å². The van der Waals surface area contributed by atoms with Gasteiger partial charge >= 0.3 is 6.36 Å². The molecular formula is C21H23F4OSi. The van der Waals surface area contributed by atoms with E-state index in [0.717, 1.165) is 18.4 Å². The molecule has 6 heteroatoms. The predicted octanol–water partition coefficient (Wildman–Crippen LogP) is 7.17. The highest BCUT2D eigenvalue weighted by atomic mass is 28.3. The van der Waals surface area contributed by atoms with Crippen LogP contribution >= 0.6 is 0 Å². The molecule has 0 unspecified atom stereocenters. The zero-order valence-corrected chi connectivity index (χ0v) is 16.3. The Hall–Kier alpha value is -1.82. The fourth-order valence-corrected chi connectivity index (χ4v) is 6.79. The fourth-order valence-electron chi connectivity index (χ4n) is 3.82. The van der Waals surface area contributed by atoms with Crippen LogP contribution in [0.4, 0.5) is 17.6 Å². The minimum absolute atomic E-state index is 0.202. The molecule has 2 aromatic carbocycles. The number of benzene rings is 2. The van der Waals surface area contributed by atoms with Gasteiger partial charge in [-0.1, -0.05) is 55.7 Å². The molecule has 1 heterocycles. The second-order valence-corrected chi connectivity index (χ2v) is 10.1. The molecule has 145 valence electrons. The average molecular weight is 395 g/mol. The van der Waals surface area contributed by atoms with Crippen LogP contribution in [0, 0.1) is 5.82 Å². The third-order valence-corrected chi connectivity index (χ3v) is 8.36. The zero-order valence-electron chi connectivity index (χ0n) is 15.3. The quantitative estimate of drug-likeness (QED) is 0.385. The smallest absolute Gasteiger partial charge is 0.406 e. The summed E-state index contributed by atoms with van der Waals surface area (Å²) in [6.07, 6.45) is -1.20. The molecule has 1 fully saturated rings. The van der Waals surface area contributed by atoms with E-state index in [1.165, 1.54) is 48.8 Å². The van der Waals surface area contributed by atoms with Gasteiger partial charge < -0.3 is 4.74 Å². The molecule has 0 atom stereocenters. The summed E-state index contributed by atoms with van der Waals surface area (Å²) >= 11 is 0. The van der Waals surface area contributed by atoms with Crippen LogP contribution in [-0.4, -0.2) is 15.2 Å². The third-order valence-electron chi connectivity index (χ3n) is 5.16. The Morgan fingerprint density at radius 1 is 1.04 bits per heavy atom. The highest BCUT2D eigenvalue weighted by molar-refractivity contribution is 6.59. The number of rotatable bonds is 5. The molecule has 2 aromatic rings. The summed E-state index contributed by atoms with van der Waals surface area (Å²) in [5.74, 6) is -0.224. The largest absolute Gasteiger partial charge is 0.573 e. The highest BCUT2D eigenvalue weighted by Crippen LogP contribution is 2.37. The lowest BCUT2D eigenvalue weighted by Gasteiger charge is -2.27. The Labute approximate surface area is 159 Å². The summed E-state index contributed by atoms with van der Waals surface area (Å²) in [6, 6.07) is 14.6. The SMILES string of the molecule is CCC[Si]1CCC(c2ccc(-c3ccc(OC(F)(F)F)cc3)c(F)c2)CC1. The van der Waals surface area contributed by atoms with Crippen molar-refractivity contribution >= 4 is 8.80 Å². The van der Waals surface area contributed by atoms with Crippen LogP contribution in [0.5, 0.6) is 5.75 Å². The maximum Gasteiger partial charge on any atom is 0.573 e. The molecule has 1 radical (unpaired) electrons. The number of ether oxygens (including phenoxy) is 1. The van der Waals surface area contributed by atoms with Crippen molar-refractivity contribution in [1.29, 1.82) is 0 Å². The van der Waals surface area contributed by atoms with Crippen LogP contribution in [0.3, 0.4) is 0 Å². The minimum Gasteiger partial charge on any atom is -0.406 e. The number of hydrogen-bond acceptors (Lipinski definition) is 1. The van der Waals surface area contributed by atoms with Gasteiger partial charge in [0.1, 0.15) is 11.6 Å². The van der Waals surface area contributed by atoms with Crippen molar-refractivity contribution in [3.8, 4) is 16.9 Å². The number of alkyl halides is 3. The summed E-state index contributed by atoms with van der Waals surface area (Å²) in [5.41, 5.74) is 1.96. The van der Waals surface area contributed by atoms with Gasteiger partial charge in [-0.15, -0.1) is 13.2 Å². The molecule has 0 aliphatic carbocycles. The summed E-state index contributed by atoms with van der Waals surface area (Å²) in [5, 5.41) is 0. The Morgan fingerprint density at radius 3 is 2.26 bits per heavy atom. The lowest BCUT2D eigenvalue weighted by atomic mass is 9.91. The monoisotopic (exact) mass is 395 g/mol. The van der Waals surface area contributed by atoms with Gasteiger partial charge in [0.05, 0.1) is 0 Å². The summed E-state index contributed by atoms with van der Waals surface area (Å²) in [4.78, 5) is 0. The van der Waals surface area contributed by atoms with Gasteiger partial charge in [0, 0.05) is 14.4 Å². The molecule has 0 N–H and O–H groups in total. The molecule has 0 amide bonds. The fraction of sp³-hybridized carbons (Fsp3) is 0.429. The maximum absolute atomic E-state index is 14.7. The third kappa shape index (κ3) is 5.34. The molecule has 1 aliphatic rings. The van der Waals surface area contributed by atoms with Crippen molar-refractivity contribution in [3.05, 3.63) is 53.8 Å². The summed E-state index contributed by atoms with van der Waals surface area (Å²) in [7, 11) is -0.202. The molecule has 1 nitrogen and oxygen atoms in total. The van der Waals surface area contributed by atoms with E-state index in [-0.39, 0.29) is 20.4 Å². The molecule has 0 bridgehead atoms. The van der Waals surface area contributed by atoms with E-state index in [2.05, 4.69) is 11.7 Å². The Balaban J connectivity index is 1.70. The molecule has 0 saturated carbocycles. The van der Waals surface area contributed by atoms with Crippen LogP contribution in [0.1, 0.15) is 37.7 Å². The molecule has 27 heavy (non-hydrogen) atoms. The lowest BCUT2D eigenvalue weighted by Crippen LogP contribution is -2.20. The van der Waals surface area contributed by atoms with Crippen molar-refractivity contribution in [1.82, 2.24) is 0 Å². The van der Waals surface area contributed by atoms with E-state index in [0.29, 0.717) is 17.0 Å². The van der Waals surface area contributed by atoms with Gasteiger partial charge in [0.25, 0.3) is 0 Å². The first-order valence-electron chi connectivity index (χ1n) is 9.35. The van der Waals surface area contributed by atoms with Gasteiger partial charge in [-0.2, -0.15) is 0 Å². The Bertz CT molecular complexity index is 750. The van der Waals surface area contributed by atoms with Crippen LogP contribution < -0.4 is 4.74 Å². The zero-order chi connectivity index (χ0) is 19.4. The van der Waals surface area contributed by atoms with Crippen molar-refractivity contribution < 1.29 is 22.3 Å². The van der Waals surface area contributed by atoms with Crippen LogP contribution in [0.15, 0.2) is 42.5 Å². The molecular weight excluding hydrogens is 372 g/mol. The van der Waals surface area contributed by atoms with E-state index < -0.39 is 6.36 Å². The highest BCUT2D eigenvalue weighted by Gasteiger charge is 2.31. The Morgan fingerprint density at radius 2 is 1.70 bits per heavy atom. The number of hydrogen-bond donors (Lipinski definition) is 0. The van der Waals surface area contributed by atoms with Gasteiger partial charge in [0.2, 0.25) is 0 Å². The molecule has 0 aromatic heterocycles. The van der Waals surface area contributed by atoms with E-state index in [9.17, 15) is 17.6 Å². The molecule has 1 saturated heterocycles. The molecule has 3 rings (SSSR count). The van der Waals surface area contributed by atoms with Gasteiger partial charge in [-0.3, -0.25) is 0 Å². The van der Waals surface area contributed by atoms with E-state index in [4.69, 9.17) is 0 Å². The van der Waals surface area contributed by atoms with Gasteiger partial charge in [-0.05, 0) is 48.1 Å². The summed E-state index contributed by atoms with van der Waals surface area (Å²) < 4.78 is 55.2. The van der Waals surface area contributed by atoms with Gasteiger partial charge in [-0.25, -0.2) is 4.39 Å². The normalized spacial score (nSPS) is 16.5. The second-order valence-electron chi connectivity index (χ2n) is 7.09. The predicted molar refractivity (Wildman–Crippen MR) is 101 cm³/mol. The molecule has 1 aliphatic heterocycles. The van der Waals surface area contributed by atoms with Gasteiger partial charge in [0.15, 0.2) is 0 Å². The van der Waals surface area contributed by atoms with Crippen LogP contribution in [-0.2, 0) is 0 Å². The first-order chi connectivity index (χ1) is 12.9. The van der Waals surface area contributed by atoms with Crippen molar-refractivity contribution in [2.45, 2.75) is 56.6 Å². The van der Waals surface area contributed by atoms with Crippen LogP contribution in [0.25, 0.3) is 11.1 Å². The lowest BCUT2D eigenvalue weighted by molar-refractivity contribution is -0.274. The average Bonchev–Trinajstić information content (AvgIpc) is 2.62. The van der Waals surface area contributed by atoms with E-state index >= 15 is 0 Å².